The van der Waals surface area contributed by atoms with Crippen molar-refractivity contribution in [3.8, 4) is 11.1 Å². The number of aliphatic hydroxyl groups is 1. The molecule has 7 nitrogen and oxygen atoms in total. The number of hydrogen-bond acceptors (Lipinski definition) is 7. The van der Waals surface area contributed by atoms with Crippen LogP contribution >= 0.6 is 0 Å². The molecule has 1 unspecified atom stereocenters. The van der Waals surface area contributed by atoms with Gasteiger partial charge >= 0.3 is 0 Å². The third-order valence-electron chi connectivity index (χ3n) is 4.51. The minimum absolute atomic E-state index is 0.297. The van der Waals surface area contributed by atoms with Crippen LogP contribution in [0.25, 0.3) is 11.1 Å². The number of pyridine rings is 1. The first kappa shape index (κ1) is 17.6. The van der Waals surface area contributed by atoms with E-state index in [2.05, 4.69) is 31.7 Å². The first-order chi connectivity index (χ1) is 12.1. The Morgan fingerprint density at radius 1 is 1.16 bits per heavy atom. The van der Waals surface area contributed by atoms with Crippen molar-refractivity contribution in [2.75, 3.05) is 43.4 Å². The molecule has 0 spiro atoms. The highest BCUT2D eigenvalue weighted by Gasteiger charge is 2.23. The Morgan fingerprint density at radius 2 is 1.92 bits per heavy atom. The van der Waals surface area contributed by atoms with Gasteiger partial charge in [0.15, 0.2) is 0 Å². The standard InChI is InChI=1S/C18H26N6O/c1-3-15-17(14-4-5-16(19)20-10-14)18(22-12-21-15)24-8-6-23(7-9-24)11-13(2)25/h4-5,10,12-13,25H,3,6-9,11H2,1-2H3,(H2,19,20). The number of piperazine rings is 1. The highest BCUT2D eigenvalue weighted by molar-refractivity contribution is 5.78. The monoisotopic (exact) mass is 342 g/mol. The SMILES string of the molecule is CCc1ncnc(N2CCN(CC(C)O)CC2)c1-c1ccc(N)nc1. The summed E-state index contributed by atoms with van der Waals surface area (Å²) in [6.45, 7) is 8.22. The number of anilines is 2. The van der Waals surface area contributed by atoms with Gasteiger partial charge in [0, 0.05) is 50.0 Å². The maximum Gasteiger partial charge on any atom is 0.140 e. The third-order valence-corrected chi connectivity index (χ3v) is 4.51. The zero-order valence-corrected chi connectivity index (χ0v) is 14.9. The molecule has 1 saturated heterocycles. The minimum Gasteiger partial charge on any atom is -0.392 e. The van der Waals surface area contributed by atoms with Crippen LogP contribution in [0.2, 0.25) is 0 Å². The lowest BCUT2D eigenvalue weighted by atomic mass is 10.0. The topological polar surface area (TPSA) is 91.4 Å². The van der Waals surface area contributed by atoms with Crippen molar-refractivity contribution < 1.29 is 5.11 Å². The molecule has 0 amide bonds. The van der Waals surface area contributed by atoms with Crippen molar-refractivity contribution in [1.82, 2.24) is 19.9 Å². The zero-order chi connectivity index (χ0) is 17.8. The van der Waals surface area contributed by atoms with Crippen LogP contribution in [0.15, 0.2) is 24.7 Å². The molecule has 7 heteroatoms. The van der Waals surface area contributed by atoms with Crippen molar-refractivity contribution in [3.63, 3.8) is 0 Å². The van der Waals surface area contributed by atoms with Gasteiger partial charge in [0.25, 0.3) is 0 Å². The quantitative estimate of drug-likeness (QED) is 0.843. The van der Waals surface area contributed by atoms with Gasteiger partial charge in [0.1, 0.15) is 18.0 Å². The summed E-state index contributed by atoms with van der Waals surface area (Å²) in [6.07, 6.45) is 3.97. The molecule has 3 N–H and O–H groups in total. The Morgan fingerprint density at radius 3 is 2.52 bits per heavy atom. The molecule has 2 aromatic rings. The molecule has 2 aromatic heterocycles. The van der Waals surface area contributed by atoms with E-state index in [0.29, 0.717) is 12.4 Å². The summed E-state index contributed by atoms with van der Waals surface area (Å²) in [6, 6.07) is 3.79. The number of nitrogens with two attached hydrogens (primary N) is 1. The molecule has 1 aliphatic heterocycles. The van der Waals surface area contributed by atoms with Crippen molar-refractivity contribution in [1.29, 1.82) is 0 Å². The lowest BCUT2D eigenvalue weighted by Gasteiger charge is -2.36. The van der Waals surface area contributed by atoms with Crippen LogP contribution in [0.1, 0.15) is 19.5 Å². The minimum atomic E-state index is -0.297. The third kappa shape index (κ3) is 4.05. The molecule has 0 aliphatic carbocycles. The van der Waals surface area contributed by atoms with E-state index >= 15 is 0 Å². The zero-order valence-electron chi connectivity index (χ0n) is 14.9. The Labute approximate surface area is 148 Å². The number of aliphatic hydroxyl groups excluding tert-OH is 1. The lowest BCUT2D eigenvalue weighted by Crippen LogP contribution is -2.48. The van der Waals surface area contributed by atoms with Crippen molar-refractivity contribution in [2.24, 2.45) is 0 Å². The number of nitrogens with zero attached hydrogens (tertiary/aromatic N) is 5. The highest BCUT2D eigenvalue weighted by atomic mass is 16.3. The summed E-state index contributed by atoms with van der Waals surface area (Å²) >= 11 is 0. The molecule has 0 aromatic carbocycles. The largest absolute Gasteiger partial charge is 0.392 e. The second kappa shape index (κ2) is 7.76. The van der Waals surface area contributed by atoms with Crippen LogP contribution in [0.3, 0.4) is 0 Å². The summed E-state index contributed by atoms with van der Waals surface area (Å²) in [5.41, 5.74) is 8.79. The van der Waals surface area contributed by atoms with Crippen molar-refractivity contribution >= 4 is 11.6 Å². The fourth-order valence-electron chi connectivity index (χ4n) is 3.28. The molecule has 0 bridgehead atoms. The van der Waals surface area contributed by atoms with E-state index in [-0.39, 0.29) is 6.10 Å². The smallest absolute Gasteiger partial charge is 0.140 e. The van der Waals surface area contributed by atoms with E-state index in [1.807, 2.05) is 19.1 Å². The van der Waals surface area contributed by atoms with Gasteiger partial charge < -0.3 is 15.7 Å². The Hall–Kier alpha value is -2.25. The van der Waals surface area contributed by atoms with E-state index in [1.165, 1.54) is 0 Å². The van der Waals surface area contributed by atoms with Gasteiger partial charge in [0.05, 0.1) is 11.8 Å². The molecule has 1 atom stereocenters. The summed E-state index contributed by atoms with van der Waals surface area (Å²) in [4.78, 5) is 17.9. The molecule has 3 rings (SSSR count). The van der Waals surface area contributed by atoms with E-state index in [1.54, 1.807) is 12.5 Å². The summed E-state index contributed by atoms with van der Waals surface area (Å²) < 4.78 is 0. The number of rotatable bonds is 5. The first-order valence-corrected chi connectivity index (χ1v) is 8.79. The number of β-amino-alcohol motifs (C(OH)–C–C–N with tert-alkyl or cyclic N) is 1. The van der Waals surface area contributed by atoms with Gasteiger partial charge in [-0.1, -0.05) is 6.92 Å². The van der Waals surface area contributed by atoms with Gasteiger partial charge in [-0.2, -0.15) is 0 Å². The highest BCUT2D eigenvalue weighted by Crippen LogP contribution is 2.32. The summed E-state index contributed by atoms with van der Waals surface area (Å²) in [5, 5.41) is 9.58. The van der Waals surface area contributed by atoms with Gasteiger partial charge in [-0.15, -0.1) is 0 Å². The van der Waals surface area contributed by atoms with Crippen LogP contribution in [0.5, 0.6) is 0 Å². The van der Waals surface area contributed by atoms with E-state index in [0.717, 1.165) is 55.2 Å². The van der Waals surface area contributed by atoms with Crippen molar-refractivity contribution in [3.05, 3.63) is 30.4 Å². The second-order valence-corrected chi connectivity index (χ2v) is 6.48. The Kier molecular flexibility index (Phi) is 5.45. The molecule has 134 valence electrons. The maximum absolute atomic E-state index is 9.58. The fourth-order valence-corrected chi connectivity index (χ4v) is 3.28. The van der Waals surface area contributed by atoms with Crippen LogP contribution in [0.4, 0.5) is 11.6 Å². The molecule has 1 fully saturated rings. The maximum atomic E-state index is 9.58. The van der Waals surface area contributed by atoms with Gasteiger partial charge in [-0.3, -0.25) is 4.90 Å². The predicted molar refractivity (Wildman–Crippen MR) is 99.4 cm³/mol. The molecule has 3 heterocycles. The van der Waals surface area contributed by atoms with E-state index < -0.39 is 0 Å². The molecule has 1 aliphatic rings. The Balaban J connectivity index is 1.88. The normalized spacial score (nSPS) is 16.8. The lowest BCUT2D eigenvalue weighted by molar-refractivity contribution is 0.122. The predicted octanol–water partition coefficient (Wildman–Crippen LogP) is 1.19. The summed E-state index contributed by atoms with van der Waals surface area (Å²) in [5.74, 6) is 1.46. The molecular formula is C18H26N6O. The van der Waals surface area contributed by atoms with Crippen LogP contribution in [0, 0.1) is 0 Å². The molecule has 25 heavy (non-hydrogen) atoms. The number of aromatic nitrogens is 3. The van der Waals surface area contributed by atoms with Gasteiger partial charge in [0.2, 0.25) is 0 Å². The summed E-state index contributed by atoms with van der Waals surface area (Å²) in [7, 11) is 0. The van der Waals surface area contributed by atoms with Gasteiger partial charge in [-0.05, 0) is 25.5 Å². The van der Waals surface area contributed by atoms with E-state index in [9.17, 15) is 5.11 Å². The van der Waals surface area contributed by atoms with E-state index in [4.69, 9.17) is 5.73 Å². The number of aryl methyl sites for hydroxylation is 1. The molecule has 0 saturated carbocycles. The average Bonchev–Trinajstić information content (AvgIpc) is 2.62. The molecular weight excluding hydrogens is 316 g/mol. The first-order valence-electron chi connectivity index (χ1n) is 8.79. The molecule has 0 radical (unpaired) electrons. The van der Waals surface area contributed by atoms with Crippen molar-refractivity contribution in [2.45, 2.75) is 26.4 Å². The second-order valence-electron chi connectivity index (χ2n) is 6.48. The number of hydrogen-bond donors (Lipinski definition) is 2. The van der Waals surface area contributed by atoms with Crippen LogP contribution < -0.4 is 10.6 Å². The average molecular weight is 342 g/mol. The van der Waals surface area contributed by atoms with Crippen LogP contribution in [-0.2, 0) is 6.42 Å². The van der Waals surface area contributed by atoms with Crippen LogP contribution in [-0.4, -0.2) is 63.8 Å². The van der Waals surface area contributed by atoms with Gasteiger partial charge in [-0.25, -0.2) is 15.0 Å². The number of nitrogen functional groups attached to an aromatic ring is 1. The Bertz CT molecular complexity index is 695. The fraction of sp³-hybridized carbons (Fsp3) is 0.500.